The van der Waals surface area contributed by atoms with E-state index in [1.165, 1.54) is 17.7 Å². The first kappa shape index (κ1) is 24.5. The number of carbonyl (C=O) groups is 1. The largest absolute Gasteiger partial charge is 0.271 e. The minimum atomic E-state index is -4.02. The molecule has 0 radical (unpaired) electrons. The summed E-state index contributed by atoms with van der Waals surface area (Å²) < 4.78 is 27.9. The Morgan fingerprint density at radius 2 is 1.64 bits per heavy atom. The summed E-state index contributed by atoms with van der Waals surface area (Å²) in [6.07, 6.45) is 1.56. The van der Waals surface area contributed by atoms with Crippen LogP contribution in [0.5, 0.6) is 0 Å². The second-order valence-corrected chi connectivity index (χ2v) is 9.99. The molecule has 172 valence electrons. The molecule has 0 aliphatic rings. The second-order valence-electron chi connectivity index (χ2n) is 7.72. The zero-order valence-corrected chi connectivity index (χ0v) is 20.5. The van der Waals surface area contributed by atoms with Gasteiger partial charge in [-0.2, -0.15) is 5.10 Å². The smallest absolute Gasteiger partial charge is 0.264 e. The van der Waals surface area contributed by atoms with Crippen molar-refractivity contribution in [2.75, 3.05) is 10.8 Å². The predicted octanol–water partition coefficient (Wildman–Crippen LogP) is 4.92. The molecular formula is C25H26ClN3O3S. The van der Waals surface area contributed by atoms with E-state index in [0.717, 1.165) is 21.0 Å². The van der Waals surface area contributed by atoms with Crippen molar-refractivity contribution in [3.63, 3.8) is 0 Å². The molecule has 0 bridgehead atoms. The number of hydrazone groups is 1. The van der Waals surface area contributed by atoms with Crippen molar-refractivity contribution in [3.05, 3.63) is 93.5 Å². The van der Waals surface area contributed by atoms with Gasteiger partial charge in [0.25, 0.3) is 15.9 Å². The standard InChI is InChI=1S/C25H26ClN3O3S/c1-17-13-14-21(19(3)18(17)2)15-27-28-25(30)16-29(24-12-8-11-23(26)20(24)4)33(31,32)22-9-6-5-7-10-22/h5-15H,16H2,1-4H3,(H,28,30)/b27-15-. The quantitative estimate of drug-likeness (QED) is 0.382. The normalized spacial score (nSPS) is 11.5. The maximum Gasteiger partial charge on any atom is 0.264 e. The van der Waals surface area contributed by atoms with Crippen LogP contribution in [0, 0.1) is 27.7 Å². The number of sulfonamides is 1. The summed E-state index contributed by atoms with van der Waals surface area (Å²) in [5.41, 5.74) is 7.59. The average Bonchev–Trinajstić information content (AvgIpc) is 2.80. The fraction of sp³-hybridized carbons (Fsp3) is 0.200. The minimum Gasteiger partial charge on any atom is -0.271 e. The molecule has 0 saturated carbocycles. The summed E-state index contributed by atoms with van der Waals surface area (Å²) in [5.74, 6) is -0.577. The van der Waals surface area contributed by atoms with Crippen LogP contribution in [0.3, 0.4) is 0 Å². The number of halogens is 1. The van der Waals surface area contributed by atoms with Gasteiger partial charge in [0.1, 0.15) is 6.54 Å². The number of aryl methyl sites for hydroxylation is 1. The molecule has 0 aliphatic carbocycles. The minimum absolute atomic E-state index is 0.0754. The number of rotatable bonds is 7. The molecule has 3 aromatic carbocycles. The van der Waals surface area contributed by atoms with E-state index in [0.29, 0.717) is 16.3 Å². The highest BCUT2D eigenvalue weighted by Gasteiger charge is 2.28. The molecule has 8 heteroatoms. The van der Waals surface area contributed by atoms with Crippen LogP contribution in [-0.4, -0.2) is 27.1 Å². The first-order valence-corrected chi connectivity index (χ1v) is 12.2. The number of benzene rings is 3. The Morgan fingerprint density at radius 1 is 0.939 bits per heavy atom. The molecule has 0 spiro atoms. The fourth-order valence-corrected chi connectivity index (χ4v) is 5.01. The third-order valence-electron chi connectivity index (χ3n) is 5.62. The lowest BCUT2D eigenvalue weighted by molar-refractivity contribution is -0.119. The van der Waals surface area contributed by atoms with Crippen LogP contribution >= 0.6 is 11.6 Å². The Kier molecular flexibility index (Phi) is 7.56. The van der Waals surface area contributed by atoms with Crippen LogP contribution in [0.15, 0.2) is 70.7 Å². The molecule has 6 nitrogen and oxygen atoms in total. The lowest BCUT2D eigenvalue weighted by Crippen LogP contribution is -2.40. The molecule has 3 rings (SSSR count). The summed E-state index contributed by atoms with van der Waals surface area (Å²) in [6.45, 7) is 7.30. The SMILES string of the molecule is Cc1ccc(/C=N\NC(=O)CN(c2cccc(Cl)c2C)S(=O)(=O)c2ccccc2)c(C)c1C. The Morgan fingerprint density at radius 3 is 2.33 bits per heavy atom. The molecule has 1 N–H and O–H groups in total. The molecule has 0 heterocycles. The summed E-state index contributed by atoms with van der Waals surface area (Å²) >= 11 is 6.24. The molecule has 3 aromatic rings. The van der Waals surface area contributed by atoms with E-state index in [4.69, 9.17) is 11.6 Å². The molecule has 1 amide bonds. The van der Waals surface area contributed by atoms with Crippen molar-refractivity contribution in [2.45, 2.75) is 32.6 Å². The van der Waals surface area contributed by atoms with Gasteiger partial charge in [0.15, 0.2) is 0 Å². The van der Waals surface area contributed by atoms with E-state index in [1.54, 1.807) is 49.5 Å². The van der Waals surface area contributed by atoms with E-state index in [-0.39, 0.29) is 4.90 Å². The van der Waals surface area contributed by atoms with Crippen molar-refractivity contribution in [2.24, 2.45) is 5.10 Å². The predicted molar refractivity (Wildman–Crippen MR) is 134 cm³/mol. The maximum absolute atomic E-state index is 13.4. The van der Waals surface area contributed by atoms with Crippen molar-refractivity contribution in [1.82, 2.24) is 5.43 Å². The highest BCUT2D eigenvalue weighted by atomic mass is 35.5. The summed E-state index contributed by atoms with van der Waals surface area (Å²) in [4.78, 5) is 12.8. The molecule has 0 saturated heterocycles. The zero-order chi connectivity index (χ0) is 24.2. The van der Waals surface area contributed by atoms with E-state index >= 15 is 0 Å². The number of nitrogens with one attached hydrogen (secondary N) is 1. The number of nitrogens with zero attached hydrogens (tertiary/aromatic N) is 2. The Hall–Kier alpha value is -3.16. The van der Waals surface area contributed by atoms with Gasteiger partial charge in [0.05, 0.1) is 16.8 Å². The summed E-state index contributed by atoms with van der Waals surface area (Å²) in [6, 6.07) is 16.8. The Bertz CT molecular complexity index is 1310. The number of hydrogen-bond donors (Lipinski definition) is 1. The van der Waals surface area contributed by atoms with E-state index < -0.39 is 22.5 Å². The molecule has 0 aliphatic heterocycles. The van der Waals surface area contributed by atoms with Crippen LogP contribution in [0.4, 0.5) is 5.69 Å². The van der Waals surface area contributed by atoms with Gasteiger partial charge in [-0.1, -0.05) is 48.0 Å². The monoisotopic (exact) mass is 483 g/mol. The Balaban J connectivity index is 1.88. The van der Waals surface area contributed by atoms with Crippen LogP contribution in [-0.2, 0) is 14.8 Å². The maximum atomic E-state index is 13.4. The van der Waals surface area contributed by atoms with Gasteiger partial charge in [-0.25, -0.2) is 13.8 Å². The van der Waals surface area contributed by atoms with Crippen molar-refractivity contribution in [1.29, 1.82) is 0 Å². The van der Waals surface area contributed by atoms with Crippen molar-refractivity contribution < 1.29 is 13.2 Å². The van der Waals surface area contributed by atoms with Crippen LogP contribution < -0.4 is 9.73 Å². The zero-order valence-electron chi connectivity index (χ0n) is 19.0. The van der Waals surface area contributed by atoms with Gasteiger partial charge < -0.3 is 0 Å². The Labute approximate surface area is 200 Å². The van der Waals surface area contributed by atoms with Crippen molar-refractivity contribution in [3.8, 4) is 0 Å². The summed E-state index contributed by atoms with van der Waals surface area (Å²) in [5, 5.41) is 4.45. The number of amides is 1. The average molecular weight is 484 g/mol. The first-order chi connectivity index (χ1) is 15.6. The topological polar surface area (TPSA) is 78.8 Å². The van der Waals surface area contributed by atoms with Gasteiger partial charge in [0, 0.05) is 5.02 Å². The summed E-state index contributed by atoms with van der Waals surface area (Å²) in [7, 11) is -4.02. The first-order valence-electron chi connectivity index (χ1n) is 10.3. The third kappa shape index (κ3) is 5.43. The van der Waals surface area contributed by atoms with Crippen LogP contribution in [0.25, 0.3) is 0 Å². The molecule has 0 fully saturated rings. The number of hydrogen-bond acceptors (Lipinski definition) is 4. The molecule has 0 aromatic heterocycles. The van der Waals surface area contributed by atoms with Gasteiger partial charge in [-0.05, 0) is 79.8 Å². The highest BCUT2D eigenvalue weighted by molar-refractivity contribution is 7.92. The third-order valence-corrected chi connectivity index (χ3v) is 7.80. The van der Waals surface area contributed by atoms with Crippen LogP contribution in [0.2, 0.25) is 5.02 Å². The number of carbonyl (C=O) groups excluding carboxylic acids is 1. The molecular weight excluding hydrogens is 458 g/mol. The van der Waals surface area contributed by atoms with Gasteiger partial charge in [0.2, 0.25) is 0 Å². The van der Waals surface area contributed by atoms with E-state index in [9.17, 15) is 13.2 Å². The van der Waals surface area contributed by atoms with Gasteiger partial charge >= 0.3 is 0 Å². The van der Waals surface area contributed by atoms with Gasteiger partial charge in [-0.3, -0.25) is 9.10 Å². The lowest BCUT2D eigenvalue weighted by atomic mass is 10.00. The van der Waals surface area contributed by atoms with E-state index in [1.807, 2.05) is 32.9 Å². The van der Waals surface area contributed by atoms with E-state index in [2.05, 4.69) is 10.5 Å². The van der Waals surface area contributed by atoms with Crippen molar-refractivity contribution >= 4 is 39.4 Å². The molecule has 0 unspecified atom stereocenters. The number of anilines is 1. The van der Waals surface area contributed by atoms with Gasteiger partial charge in [-0.15, -0.1) is 0 Å². The highest BCUT2D eigenvalue weighted by Crippen LogP contribution is 2.30. The second kappa shape index (κ2) is 10.2. The fourth-order valence-electron chi connectivity index (χ4n) is 3.34. The van der Waals surface area contributed by atoms with Crippen LogP contribution in [0.1, 0.15) is 27.8 Å². The molecule has 33 heavy (non-hydrogen) atoms. The molecule has 0 atom stereocenters. The lowest BCUT2D eigenvalue weighted by Gasteiger charge is -2.25.